The van der Waals surface area contributed by atoms with Gasteiger partial charge in [0.05, 0.1) is 12.7 Å². The third-order valence-electron chi connectivity index (χ3n) is 2.65. The van der Waals surface area contributed by atoms with Gasteiger partial charge in [-0.25, -0.2) is 9.18 Å². The molecule has 0 aliphatic carbocycles. The molecule has 4 heteroatoms. The quantitative estimate of drug-likeness (QED) is 0.608. The van der Waals surface area contributed by atoms with E-state index in [4.69, 9.17) is 9.47 Å². The SMILES string of the molecule is O=C(/C=C/c1ccccc1)OC[C@@H]1C[C@H](F)CO1. The minimum atomic E-state index is -0.937. The van der Waals surface area contributed by atoms with Gasteiger partial charge in [0, 0.05) is 12.5 Å². The minimum Gasteiger partial charge on any atom is -0.460 e. The summed E-state index contributed by atoms with van der Waals surface area (Å²) in [4.78, 5) is 11.4. The van der Waals surface area contributed by atoms with Crippen LogP contribution in [-0.2, 0) is 14.3 Å². The van der Waals surface area contributed by atoms with Gasteiger partial charge in [-0.1, -0.05) is 30.3 Å². The van der Waals surface area contributed by atoms with Crippen molar-refractivity contribution in [2.45, 2.75) is 18.7 Å². The molecule has 0 saturated carbocycles. The third-order valence-corrected chi connectivity index (χ3v) is 2.65. The number of ether oxygens (including phenoxy) is 2. The first-order valence-corrected chi connectivity index (χ1v) is 5.89. The molecule has 1 aromatic rings. The standard InChI is InChI=1S/C14H15FO3/c15-12-8-13(17-9-12)10-18-14(16)7-6-11-4-2-1-3-5-11/h1-7,12-13H,8-10H2/b7-6+/t12-,13-/m0/s1. The Morgan fingerprint density at radius 1 is 1.44 bits per heavy atom. The number of alkyl halides is 1. The van der Waals surface area contributed by atoms with Crippen molar-refractivity contribution in [3.05, 3.63) is 42.0 Å². The molecule has 96 valence electrons. The van der Waals surface area contributed by atoms with Crippen LogP contribution in [-0.4, -0.2) is 31.5 Å². The smallest absolute Gasteiger partial charge is 0.330 e. The molecule has 0 amide bonds. The highest BCUT2D eigenvalue weighted by Crippen LogP contribution is 2.16. The zero-order valence-corrected chi connectivity index (χ0v) is 9.92. The van der Waals surface area contributed by atoms with Gasteiger partial charge in [-0.05, 0) is 11.6 Å². The van der Waals surface area contributed by atoms with Gasteiger partial charge in [-0.3, -0.25) is 0 Å². The molecule has 0 N–H and O–H groups in total. The number of benzene rings is 1. The Morgan fingerprint density at radius 2 is 2.22 bits per heavy atom. The van der Waals surface area contributed by atoms with Crippen LogP contribution < -0.4 is 0 Å². The molecule has 18 heavy (non-hydrogen) atoms. The molecule has 0 spiro atoms. The summed E-state index contributed by atoms with van der Waals surface area (Å²) < 4.78 is 22.9. The zero-order valence-electron chi connectivity index (χ0n) is 9.92. The molecule has 0 unspecified atom stereocenters. The Bertz CT molecular complexity index is 416. The van der Waals surface area contributed by atoms with Gasteiger partial charge in [0.25, 0.3) is 0 Å². The van der Waals surface area contributed by atoms with Crippen LogP contribution in [0.25, 0.3) is 6.08 Å². The van der Waals surface area contributed by atoms with Crippen molar-refractivity contribution in [3.63, 3.8) is 0 Å². The monoisotopic (exact) mass is 250 g/mol. The fraction of sp³-hybridized carbons (Fsp3) is 0.357. The summed E-state index contributed by atoms with van der Waals surface area (Å²) in [5.41, 5.74) is 0.926. The van der Waals surface area contributed by atoms with Crippen LogP contribution in [0.3, 0.4) is 0 Å². The number of halogens is 1. The molecule has 1 saturated heterocycles. The normalized spacial score (nSPS) is 23.4. The third kappa shape index (κ3) is 3.96. The molecule has 1 fully saturated rings. The maximum Gasteiger partial charge on any atom is 0.330 e. The first-order chi connectivity index (χ1) is 8.74. The van der Waals surface area contributed by atoms with Crippen molar-refractivity contribution in [2.24, 2.45) is 0 Å². The lowest BCUT2D eigenvalue weighted by Gasteiger charge is -2.07. The number of esters is 1. The molecule has 2 atom stereocenters. The molecule has 3 nitrogen and oxygen atoms in total. The number of hydrogen-bond donors (Lipinski definition) is 0. The molecular formula is C14H15FO3. The summed E-state index contributed by atoms with van der Waals surface area (Å²) in [7, 11) is 0. The van der Waals surface area contributed by atoms with Crippen LogP contribution in [0, 0.1) is 0 Å². The number of hydrogen-bond acceptors (Lipinski definition) is 3. The average molecular weight is 250 g/mol. The van der Waals surface area contributed by atoms with E-state index in [1.54, 1.807) is 6.08 Å². The fourth-order valence-corrected chi connectivity index (χ4v) is 1.73. The zero-order chi connectivity index (χ0) is 12.8. The molecule has 1 aliphatic heterocycles. The fourth-order valence-electron chi connectivity index (χ4n) is 1.73. The van der Waals surface area contributed by atoms with Crippen molar-refractivity contribution in [1.29, 1.82) is 0 Å². The summed E-state index contributed by atoms with van der Waals surface area (Å²) in [5.74, 6) is -0.440. The van der Waals surface area contributed by atoms with Gasteiger partial charge in [0.15, 0.2) is 0 Å². The van der Waals surface area contributed by atoms with Crippen molar-refractivity contribution in [1.82, 2.24) is 0 Å². The van der Waals surface area contributed by atoms with Crippen LogP contribution in [0.5, 0.6) is 0 Å². The number of carbonyl (C=O) groups is 1. The van der Waals surface area contributed by atoms with Crippen molar-refractivity contribution < 1.29 is 18.7 Å². The van der Waals surface area contributed by atoms with Gasteiger partial charge in [-0.2, -0.15) is 0 Å². The number of rotatable bonds is 4. The Kier molecular flexibility index (Phi) is 4.47. The van der Waals surface area contributed by atoms with E-state index in [9.17, 15) is 9.18 Å². The lowest BCUT2D eigenvalue weighted by molar-refractivity contribution is -0.140. The first kappa shape index (κ1) is 12.8. The van der Waals surface area contributed by atoms with Crippen LogP contribution in [0.2, 0.25) is 0 Å². The van der Waals surface area contributed by atoms with Crippen LogP contribution in [0.4, 0.5) is 4.39 Å². The van der Waals surface area contributed by atoms with E-state index in [1.165, 1.54) is 6.08 Å². The Hall–Kier alpha value is -1.68. The average Bonchev–Trinajstić information content (AvgIpc) is 2.81. The second-order valence-electron chi connectivity index (χ2n) is 4.16. The van der Waals surface area contributed by atoms with Crippen LogP contribution in [0.15, 0.2) is 36.4 Å². The lowest BCUT2D eigenvalue weighted by atomic mass is 10.2. The molecule has 1 aliphatic rings. The Labute approximate surface area is 105 Å². The van der Waals surface area contributed by atoms with Crippen LogP contribution in [0.1, 0.15) is 12.0 Å². The maximum atomic E-state index is 12.8. The summed E-state index contributed by atoms with van der Waals surface area (Å²) in [6.45, 7) is 0.209. The van der Waals surface area contributed by atoms with E-state index in [1.807, 2.05) is 30.3 Å². The Balaban J connectivity index is 1.74. The highest BCUT2D eigenvalue weighted by atomic mass is 19.1. The van der Waals surface area contributed by atoms with Crippen molar-refractivity contribution >= 4 is 12.0 Å². The van der Waals surface area contributed by atoms with E-state index < -0.39 is 12.1 Å². The van der Waals surface area contributed by atoms with Gasteiger partial charge >= 0.3 is 5.97 Å². The molecule has 0 radical (unpaired) electrons. The molecule has 0 aromatic heterocycles. The predicted molar refractivity (Wildman–Crippen MR) is 65.7 cm³/mol. The van der Waals surface area contributed by atoms with E-state index in [2.05, 4.69) is 0 Å². The largest absolute Gasteiger partial charge is 0.460 e. The van der Waals surface area contributed by atoms with E-state index in [0.29, 0.717) is 6.42 Å². The van der Waals surface area contributed by atoms with E-state index >= 15 is 0 Å². The van der Waals surface area contributed by atoms with Crippen LogP contribution >= 0.6 is 0 Å². The second-order valence-corrected chi connectivity index (χ2v) is 4.16. The summed E-state index contributed by atoms with van der Waals surface area (Å²) in [5, 5.41) is 0. The van der Waals surface area contributed by atoms with E-state index in [-0.39, 0.29) is 19.3 Å². The van der Waals surface area contributed by atoms with Gasteiger partial charge in [0.2, 0.25) is 0 Å². The minimum absolute atomic E-state index is 0.0993. The van der Waals surface area contributed by atoms with Crippen molar-refractivity contribution in [3.8, 4) is 0 Å². The van der Waals surface area contributed by atoms with Crippen molar-refractivity contribution in [2.75, 3.05) is 13.2 Å². The molecular weight excluding hydrogens is 235 g/mol. The van der Waals surface area contributed by atoms with Gasteiger partial charge in [0.1, 0.15) is 12.8 Å². The molecule has 1 heterocycles. The van der Waals surface area contributed by atoms with E-state index in [0.717, 1.165) is 5.56 Å². The summed E-state index contributed by atoms with van der Waals surface area (Å²) in [6, 6.07) is 9.45. The molecule has 1 aromatic carbocycles. The topological polar surface area (TPSA) is 35.5 Å². The van der Waals surface area contributed by atoms with Gasteiger partial charge < -0.3 is 9.47 Å². The highest BCUT2D eigenvalue weighted by molar-refractivity contribution is 5.87. The summed E-state index contributed by atoms with van der Waals surface area (Å²) in [6.07, 6.45) is 2.09. The highest BCUT2D eigenvalue weighted by Gasteiger charge is 2.25. The maximum absolute atomic E-state index is 12.8. The second kappa shape index (κ2) is 6.31. The molecule has 2 rings (SSSR count). The first-order valence-electron chi connectivity index (χ1n) is 5.89. The number of carbonyl (C=O) groups excluding carboxylic acids is 1. The van der Waals surface area contributed by atoms with Gasteiger partial charge in [-0.15, -0.1) is 0 Å². The molecule has 0 bridgehead atoms. The lowest BCUT2D eigenvalue weighted by Crippen LogP contribution is -2.16. The predicted octanol–water partition coefficient (Wildman–Crippen LogP) is 2.37. The Morgan fingerprint density at radius 3 is 2.89 bits per heavy atom. The summed E-state index contributed by atoms with van der Waals surface area (Å²) >= 11 is 0.